The fraction of sp³-hybridized carbons (Fsp3) is 0.917. The summed E-state index contributed by atoms with van der Waals surface area (Å²) < 4.78 is 5.32. The molecular formula is C12H24O2. The van der Waals surface area contributed by atoms with Crippen LogP contribution in [0.3, 0.4) is 0 Å². The third-order valence-electron chi connectivity index (χ3n) is 2.13. The molecule has 0 radical (unpaired) electrons. The fourth-order valence-corrected chi connectivity index (χ4v) is 1.10. The van der Waals surface area contributed by atoms with Crippen molar-refractivity contribution in [2.45, 2.75) is 66.4 Å². The molecule has 2 heteroatoms. The number of hydrogen-bond acceptors (Lipinski definition) is 2. The van der Waals surface area contributed by atoms with Crippen LogP contribution in [0.4, 0.5) is 0 Å². The summed E-state index contributed by atoms with van der Waals surface area (Å²) in [7, 11) is 0. The summed E-state index contributed by atoms with van der Waals surface area (Å²) in [4.78, 5) is 11.5. The second kappa shape index (κ2) is 6.05. The second-order valence-electron chi connectivity index (χ2n) is 4.96. The van der Waals surface area contributed by atoms with E-state index in [1.807, 2.05) is 27.7 Å². The van der Waals surface area contributed by atoms with E-state index in [9.17, 15) is 4.79 Å². The lowest BCUT2D eigenvalue weighted by Gasteiger charge is -2.20. The minimum absolute atomic E-state index is 0.0632. The van der Waals surface area contributed by atoms with Crippen molar-refractivity contribution in [2.24, 2.45) is 5.41 Å². The minimum atomic E-state index is -0.376. The van der Waals surface area contributed by atoms with E-state index in [0.717, 1.165) is 12.8 Å². The smallest absolute Gasteiger partial charge is 0.311 e. The molecule has 1 atom stereocenters. The van der Waals surface area contributed by atoms with Gasteiger partial charge in [-0.3, -0.25) is 4.79 Å². The number of rotatable bonds is 5. The molecule has 0 aromatic rings. The van der Waals surface area contributed by atoms with Crippen molar-refractivity contribution in [3.8, 4) is 0 Å². The summed E-state index contributed by atoms with van der Waals surface area (Å²) in [5, 5.41) is 0. The number of carbonyl (C=O) groups excluding carboxylic acids is 1. The second-order valence-corrected chi connectivity index (χ2v) is 4.96. The van der Waals surface area contributed by atoms with Crippen molar-refractivity contribution in [3.63, 3.8) is 0 Å². The van der Waals surface area contributed by atoms with Crippen LogP contribution in [0.1, 0.15) is 60.3 Å². The molecule has 0 aromatic carbocycles. The van der Waals surface area contributed by atoms with E-state index < -0.39 is 0 Å². The molecule has 0 heterocycles. The van der Waals surface area contributed by atoms with Crippen LogP contribution in [0.15, 0.2) is 0 Å². The standard InChI is InChI=1S/C12H24O2/c1-6-7-8-9-10(2)14-11(13)12(3,4)5/h10H,6-9H2,1-5H3. The topological polar surface area (TPSA) is 26.3 Å². The summed E-state index contributed by atoms with van der Waals surface area (Å²) in [6, 6.07) is 0. The third-order valence-corrected chi connectivity index (χ3v) is 2.13. The summed E-state index contributed by atoms with van der Waals surface area (Å²) in [5.74, 6) is -0.0958. The quantitative estimate of drug-likeness (QED) is 0.501. The van der Waals surface area contributed by atoms with E-state index in [-0.39, 0.29) is 17.5 Å². The van der Waals surface area contributed by atoms with Crippen LogP contribution < -0.4 is 0 Å². The van der Waals surface area contributed by atoms with Gasteiger partial charge in [0, 0.05) is 0 Å². The molecule has 0 bridgehead atoms. The normalized spacial score (nSPS) is 13.8. The lowest BCUT2D eigenvalue weighted by Crippen LogP contribution is -2.26. The Kier molecular flexibility index (Phi) is 5.82. The highest BCUT2D eigenvalue weighted by molar-refractivity contribution is 5.75. The van der Waals surface area contributed by atoms with E-state index in [0.29, 0.717) is 0 Å². The van der Waals surface area contributed by atoms with E-state index in [1.165, 1.54) is 12.8 Å². The zero-order chi connectivity index (χ0) is 11.2. The number of unbranched alkanes of at least 4 members (excludes halogenated alkanes) is 2. The molecule has 0 N–H and O–H groups in total. The molecule has 0 aliphatic carbocycles. The average molecular weight is 200 g/mol. The van der Waals surface area contributed by atoms with Gasteiger partial charge in [0.1, 0.15) is 0 Å². The van der Waals surface area contributed by atoms with Crippen LogP contribution in [0.2, 0.25) is 0 Å². The van der Waals surface area contributed by atoms with Crippen molar-refractivity contribution < 1.29 is 9.53 Å². The van der Waals surface area contributed by atoms with E-state index in [1.54, 1.807) is 0 Å². The molecule has 0 aliphatic rings. The Morgan fingerprint density at radius 2 is 1.86 bits per heavy atom. The number of esters is 1. The molecule has 2 nitrogen and oxygen atoms in total. The van der Waals surface area contributed by atoms with Crippen LogP contribution >= 0.6 is 0 Å². The molecule has 14 heavy (non-hydrogen) atoms. The van der Waals surface area contributed by atoms with Crippen LogP contribution in [0.25, 0.3) is 0 Å². The lowest BCUT2D eigenvalue weighted by molar-refractivity contribution is -0.158. The molecule has 0 spiro atoms. The van der Waals surface area contributed by atoms with Gasteiger partial charge in [0.2, 0.25) is 0 Å². The Hall–Kier alpha value is -0.530. The van der Waals surface area contributed by atoms with Crippen molar-refractivity contribution in [1.29, 1.82) is 0 Å². The molecule has 0 saturated heterocycles. The Balaban J connectivity index is 3.72. The Bertz CT molecular complexity index is 168. The van der Waals surface area contributed by atoms with E-state index >= 15 is 0 Å². The van der Waals surface area contributed by atoms with Crippen LogP contribution in [-0.4, -0.2) is 12.1 Å². The molecular weight excluding hydrogens is 176 g/mol. The van der Waals surface area contributed by atoms with Gasteiger partial charge in [-0.25, -0.2) is 0 Å². The van der Waals surface area contributed by atoms with Gasteiger partial charge in [-0.05, 0) is 40.5 Å². The van der Waals surface area contributed by atoms with Gasteiger partial charge in [0.15, 0.2) is 0 Å². The van der Waals surface area contributed by atoms with Gasteiger partial charge in [-0.2, -0.15) is 0 Å². The fourth-order valence-electron chi connectivity index (χ4n) is 1.10. The zero-order valence-electron chi connectivity index (χ0n) is 10.2. The van der Waals surface area contributed by atoms with Gasteiger partial charge >= 0.3 is 5.97 Å². The first-order chi connectivity index (χ1) is 6.38. The zero-order valence-corrected chi connectivity index (χ0v) is 10.2. The van der Waals surface area contributed by atoms with Crippen LogP contribution in [0.5, 0.6) is 0 Å². The van der Waals surface area contributed by atoms with E-state index in [2.05, 4.69) is 6.92 Å². The van der Waals surface area contributed by atoms with E-state index in [4.69, 9.17) is 4.74 Å². The average Bonchev–Trinajstić information content (AvgIpc) is 2.03. The molecule has 1 unspecified atom stereocenters. The summed E-state index contributed by atoms with van der Waals surface area (Å²) in [5.41, 5.74) is -0.376. The van der Waals surface area contributed by atoms with Gasteiger partial charge in [0.05, 0.1) is 11.5 Å². The first kappa shape index (κ1) is 13.5. The van der Waals surface area contributed by atoms with Gasteiger partial charge in [-0.1, -0.05) is 19.8 Å². The predicted molar refractivity (Wildman–Crippen MR) is 59.2 cm³/mol. The highest BCUT2D eigenvalue weighted by Crippen LogP contribution is 2.17. The SMILES string of the molecule is CCCCCC(C)OC(=O)C(C)(C)C. The highest BCUT2D eigenvalue weighted by atomic mass is 16.5. The van der Waals surface area contributed by atoms with Crippen molar-refractivity contribution in [2.75, 3.05) is 0 Å². The van der Waals surface area contributed by atoms with Crippen molar-refractivity contribution in [1.82, 2.24) is 0 Å². The van der Waals surface area contributed by atoms with Crippen LogP contribution in [0, 0.1) is 5.41 Å². The van der Waals surface area contributed by atoms with Crippen molar-refractivity contribution >= 4 is 5.97 Å². The maximum atomic E-state index is 11.5. The van der Waals surface area contributed by atoms with Gasteiger partial charge in [-0.15, -0.1) is 0 Å². The maximum Gasteiger partial charge on any atom is 0.311 e. The highest BCUT2D eigenvalue weighted by Gasteiger charge is 2.24. The molecule has 84 valence electrons. The maximum absolute atomic E-state index is 11.5. The monoisotopic (exact) mass is 200 g/mol. The molecule has 0 aromatic heterocycles. The minimum Gasteiger partial charge on any atom is -0.462 e. The molecule has 0 aliphatic heterocycles. The first-order valence-corrected chi connectivity index (χ1v) is 5.59. The molecule has 0 rings (SSSR count). The third kappa shape index (κ3) is 6.01. The Morgan fingerprint density at radius 1 is 1.29 bits per heavy atom. The Labute approximate surface area is 88.0 Å². The predicted octanol–water partition coefficient (Wildman–Crippen LogP) is 3.54. The molecule has 0 amide bonds. The number of carbonyl (C=O) groups is 1. The molecule has 0 saturated carbocycles. The lowest BCUT2D eigenvalue weighted by atomic mass is 9.97. The summed E-state index contributed by atoms with van der Waals surface area (Å²) in [6.45, 7) is 9.79. The Morgan fingerprint density at radius 3 is 2.29 bits per heavy atom. The number of ether oxygens (including phenoxy) is 1. The molecule has 0 fully saturated rings. The number of hydrogen-bond donors (Lipinski definition) is 0. The summed E-state index contributed by atoms with van der Waals surface area (Å²) in [6.07, 6.45) is 4.62. The first-order valence-electron chi connectivity index (χ1n) is 5.59. The van der Waals surface area contributed by atoms with Crippen LogP contribution in [-0.2, 0) is 9.53 Å². The van der Waals surface area contributed by atoms with Gasteiger partial charge < -0.3 is 4.74 Å². The van der Waals surface area contributed by atoms with Crippen molar-refractivity contribution in [3.05, 3.63) is 0 Å². The largest absolute Gasteiger partial charge is 0.462 e. The van der Waals surface area contributed by atoms with Gasteiger partial charge in [0.25, 0.3) is 0 Å². The summed E-state index contributed by atoms with van der Waals surface area (Å²) >= 11 is 0.